The van der Waals surface area contributed by atoms with E-state index < -0.39 is 17.6 Å². The summed E-state index contributed by atoms with van der Waals surface area (Å²) < 4.78 is 50.9. The average Bonchev–Trinajstić information content (AvgIpc) is 2.29. The highest BCUT2D eigenvalue weighted by Gasteiger charge is 2.31. The SMILES string of the molecule is NC1CCN(c2ccc(C(F)(F)F)cc2F)CC1. The van der Waals surface area contributed by atoms with Crippen molar-refractivity contribution in [1.29, 1.82) is 0 Å². The number of nitrogens with two attached hydrogens (primary N) is 1. The van der Waals surface area contributed by atoms with Crippen LogP contribution in [-0.2, 0) is 6.18 Å². The van der Waals surface area contributed by atoms with Crippen molar-refractivity contribution in [2.75, 3.05) is 18.0 Å². The van der Waals surface area contributed by atoms with Gasteiger partial charge in [-0.25, -0.2) is 4.39 Å². The van der Waals surface area contributed by atoms with Gasteiger partial charge in [-0.2, -0.15) is 13.2 Å². The maximum atomic E-state index is 13.7. The first-order valence-electron chi connectivity index (χ1n) is 5.75. The van der Waals surface area contributed by atoms with E-state index in [0.717, 1.165) is 18.9 Å². The normalized spacial score (nSPS) is 18.2. The molecule has 0 atom stereocenters. The smallest absolute Gasteiger partial charge is 0.369 e. The monoisotopic (exact) mass is 262 g/mol. The van der Waals surface area contributed by atoms with Crippen LogP contribution in [0.3, 0.4) is 0 Å². The molecule has 1 aromatic carbocycles. The third-order valence-electron chi connectivity index (χ3n) is 3.16. The van der Waals surface area contributed by atoms with Crippen LogP contribution in [0.25, 0.3) is 0 Å². The highest BCUT2D eigenvalue weighted by atomic mass is 19.4. The standard InChI is InChI=1S/C12H14F4N2/c13-10-7-8(12(14,15)16)1-2-11(10)18-5-3-9(17)4-6-18/h1-2,7,9H,3-6,17H2. The summed E-state index contributed by atoms with van der Waals surface area (Å²) >= 11 is 0. The van der Waals surface area contributed by atoms with Crippen molar-refractivity contribution < 1.29 is 17.6 Å². The van der Waals surface area contributed by atoms with Crippen LogP contribution in [0.2, 0.25) is 0 Å². The summed E-state index contributed by atoms with van der Waals surface area (Å²) in [7, 11) is 0. The molecule has 100 valence electrons. The maximum absolute atomic E-state index is 13.7. The molecule has 0 spiro atoms. The maximum Gasteiger partial charge on any atom is 0.416 e. The van der Waals surface area contributed by atoms with Crippen LogP contribution in [-0.4, -0.2) is 19.1 Å². The van der Waals surface area contributed by atoms with Gasteiger partial charge in [0.15, 0.2) is 0 Å². The molecule has 0 radical (unpaired) electrons. The molecule has 1 heterocycles. The fourth-order valence-electron chi connectivity index (χ4n) is 2.08. The summed E-state index contributed by atoms with van der Waals surface area (Å²) in [5.41, 5.74) is 4.98. The fraction of sp³-hybridized carbons (Fsp3) is 0.500. The van der Waals surface area contributed by atoms with Gasteiger partial charge in [0.1, 0.15) is 5.82 Å². The molecule has 0 aromatic heterocycles. The molecule has 6 heteroatoms. The molecule has 2 N–H and O–H groups in total. The van der Waals surface area contributed by atoms with Crippen LogP contribution in [0.1, 0.15) is 18.4 Å². The number of halogens is 4. The molecule has 18 heavy (non-hydrogen) atoms. The molecule has 0 aliphatic carbocycles. The first kappa shape index (κ1) is 13.1. The first-order valence-corrected chi connectivity index (χ1v) is 5.75. The predicted molar refractivity (Wildman–Crippen MR) is 60.8 cm³/mol. The Morgan fingerprint density at radius 2 is 1.78 bits per heavy atom. The first-order chi connectivity index (χ1) is 8.38. The molecule has 1 saturated heterocycles. The minimum absolute atomic E-state index is 0.0961. The van der Waals surface area contributed by atoms with Crippen molar-refractivity contribution >= 4 is 5.69 Å². The van der Waals surface area contributed by atoms with Crippen molar-refractivity contribution in [3.8, 4) is 0 Å². The number of nitrogens with zero attached hydrogens (tertiary/aromatic N) is 1. The van der Waals surface area contributed by atoms with Gasteiger partial charge in [0.25, 0.3) is 0 Å². The third-order valence-corrected chi connectivity index (χ3v) is 3.16. The van der Waals surface area contributed by atoms with E-state index in [1.54, 1.807) is 4.90 Å². The summed E-state index contributed by atoms with van der Waals surface area (Å²) in [6.45, 7) is 1.15. The molecular weight excluding hydrogens is 248 g/mol. The second kappa shape index (κ2) is 4.76. The van der Waals surface area contributed by atoms with Crippen molar-refractivity contribution in [1.82, 2.24) is 0 Å². The molecule has 0 amide bonds. The molecule has 2 nitrogen and oxygen atoms in total. The molecule has 1 aliphatic heterocycles. The number of benzene rings is 1. The number of anilines is 1. The molecule has 0 unspecified atom stereocenters. The lowest BCUT2D eigenvalue weighted by atomic mass is 10.0. The minimum Gasteiger partial charge on any atom is -0.369 e. The van der Waals surface area contributed by atoms with E-state index in [0.29, 0.717) is 19.2 Å². The van der Waals surface area contributed by atoms with Crippen molar-refractivity contribution in [2.45, 2.75) is 25.1 Å². The lowest BCUT2D eigenvalue weighted by molar-refractivity contribution is -0.137. The Morgan fingerprint density at radius 1 is 1.17 bits per heavy atom. The van der Waals surface area contributed by atoms with E-state index in [4.69, 9.17) is 5.73 Å². The summed E-state index contributed by atoms with van der Waals surface area (Å²) in [6, 6.07) is 2.74. The van der Waals surface area contributed by atoms with Crippen LogP contribution in [0, 0.1) is 5.82 Å². The van der Waals surface area contributed by atoms with E-state index in [1.165, 1.54) is 6.07 Å². The Hall–Kier alpha value is -1.30. The van der Waals surface area contributed by atoms with E-state index in [-0.39, 0.29) is 11.7 Å². The second-order valence-corrected chi connectivity index (χ2v) is 4.49. The zero-order chi connectivity index (χ0) is 13.3. The quantitative estimate of drug-likeness (QED) is 0.788. The van der Waals surface area contributed by atoms with Gasteiger partial charge in [-0.05, 0) is 31.0 Å². The second-order valence-electron chi connectivity index (χ2n) is 4.49. The van der Waals surface area contributed by atoms with Gasteiger partial charge in [0.2, 0.25) is 0 Å². The lowest BCUT2D eigenvalue weighted by Crippen LogP contribution is -2.40. The summed E-state index contributed by atoms with van der Waals surface area (Å²) in [5.74, 6) is -0.833. The molecule has 1 aliphatic rings. The molecular formula is C12H14F4N2. The van der Waals surface area contributed by atoms with Crippen molar-refractivity contribution in [3.05, 3.63) is 29.6 Å². The largest absolute Gasteiger partial charge is 0.416 e. The average molecular weight is 262 g/mol. The van der Waals surface area contributed by atoms with Crippen LogP contribution in [0.4, 0.5) is 23.2 Å². The summed E-state index contributed by atoms with van der Waals surface area (Å²) in [4.78, 5) is 1.73. The van der Waals surface area contributed by atoms with Crippen molar-refractivity contribution in [2.24, 2.45) is 5.73 Å². The zero-order valence-electron chi connectivity index (χ0n) is 9.67. The highest BCUT2D eigenvalue weighted by molar-refractivity contribution is 5.50. The van der Waals surface area contributed by atoms with E-state index >= 15 is 0 Å². The summed E-state index contributed by atoms with van der Waals surface area (Å²) in [6.07, 6.45) is -3.06. The van der Waals surface area contributed by atoms with Crippen molar-refractivity contribution in [3.63, 3.8) is 0 Å². The molecule has 1 aromatic rings. The zero-order valence-corrected chi connectivity index (χ0v) is 9.67. The van der Waals surface area contributed by atoms with Gasteiger partial charge in [-0.3, -0.25) is 0 Å². The Bertz CT molecular complexity index is 423. The number of alkyl halides is 3. The van der Waals surface area contributed by atoms with Gasteiger partial charge < -0.3 is 10.6 Å². The molecule has 1 fully saturated rings. The topological polar surface area (TPSA) is 29.3 Å². The van der Waals surface area contributed by atoms with E-state index in [2.05, 4.69) is 0 Å². The number of hydrogen-bond acceptors (Lipinski definition) is 2. The fourth-order valence-corrected chi connectivity index (χ4v) is 2.08. The van der Waals surface area contributed by atoms with E-state index in [9.17, 15) is 17.6 Å². The summed E-state index contributed by atoms with van der Waals surface area (Å²) in [5, 5.41) is 0. The van der Waals surface area contributed by atoms with Gasteiger partial charge in [-0.1, -0.05) is 0 Å². The van der Waals surface area contributed by atoms with Gasteiger partial charge >= 0.3 is 6.18 Å². The van der Waals surface area contributed by atoms with Gasteiger partial charge in [0, 0.05) is 19.1 Å². The Labute approximate surface area is 102 Å². The Morgan fingerprint density at radius 3 is 2.28 bits per heavy atom. The number of hydrogen-bond donors (Lipinski definition) is 1. The number of piperidine rings is 1. The number of rotatable bonds is 1. The van der Waals surface area contributed by atoms with Crippen LogP contribution in [0.15, 0.2) is 18.2 Å². The third kappa shape index (κ3) is 2.75. The molecule has 0 bridgehead atoms. The Kier molecular flexibility index (Phi) is 3.47. The highest BCUT2D eigenvalue weighted by Crippen LogP contribution is 2.32. The van der Waals surface area contributed by atoms with Gasteiger partial charge in [-0.15, -0.1) is 0 Å². The predicted octanol–water partition coefficient (Wildman–Crippen LogP) is 2.77. The minimum atomic E-state index is -4.51. The Balaban J connectivity index is 2.20. The molecule has 2 rings (SSSR count). The van der Waals surface area contributed by atoms with Crippen LogP contribution < -0.4 is 10.6 Å². The van der Waals surface area contributed by atoms with Gasteiger partial charge in [0.05, 0.1) is 11.3 Å². The van der Waals surface area contributed by atoms with Crippen LogP contribution >= 0.6 is 0 Å². The molecule has 0 saturated carbocycles. The van der Waals surface area contributed by atoms with E-state index in [1.807, 2.05) is 0 Å². The lowest BCUT2D eigenvalue weighted by Gasteiger charge is -2.32. The van der Waals surface area contributed by atoms with Crippen LogP contribution in [0.5, 0.6) is 0 Å².